The fourth-order valence-electron chi connectivity index (χ4n) is 2.11. The number of nitrogens with two attached hydrogens (primary N) is 1. The van der Waals surface area contributed by atoms with Crippen LogP contribution in [0.3, 0.4) is 0 Å². The minimum Gasteiger partial charge on any atom is -0.384 e. The van der Waals surface area contributed by atoms with Crippen molar-refractivity contribution in [1.29, 1.82) is 0 Å². The van der Waals surface area contributed by atoms with Crippen LogP contribution in [0.2, 0.25) is 0 Å². The van der Waals surface area contributed by atoms with Crippen molar-refractivity contribution in [2.24, 2.45) is 5.92 Å². The highest BCUT2D eigenvalue weighted by Crippen LogP contribution is 2.27. The molecular weight excluding hydrogens is 160 g/mol. The molecule has 0 radical (unpaired) electrons. The Morgan fingerprint density at radius 1 is 1.54 bits per heavy atom. The SMILES string of the molecule is Cc1cc(N)nc2c1CC(C)CC2. The van der Waals surface area contributed by atoms with Crippen molar-refractivity contribution < 1.29 is 0 Å². The van der Waals surface area contributed by atoms with Gasteiger partial charge in [-0.15, -0.1) is 0 Å². The molecule has 2 nitrogen and oxygen atoms in total. The van der Waals surface area contributed by atoms with Crippen LogP contribution in [-0.2, 0) is 12.8 Å². The van der Waals surface area contributed by atoms with Crippen molar-refractivity contribution in [2.75, 3.05) is 5.73 Å². The maximum atomic E-state index is 5.71. The Labute approximate surface area is 79.2 Å². The van der Waals surface area contributed by atoms with Crippen LogP contribution < -0.4 is 5.73 Å². The van der Waals surface area contributed by atoms with Gasteiger partial charge >= 0.3 is 0 Å². The van der Waals surface area contributed by atoms with E-state index in [4.69, 9.17) is 5.73 Å². The second kappa shape index (κ2) is 3.02. The fraction of sp³-hybridized carbons (Fsp3) is 0.545. The number of pyridine rings is 1. The van der Waals surface area contributed by atoms with Gasteiger partial charge in [-0.2, -0.15) is 0 Å². The van der Waals surface area contributed by atoms with Crippen LogP contribution in [0, 0.1) is 12.8 Å². The number of aromatic nitrogens is 1. The first-order chi connectivity index (χ1) is 6.16. The molecule has 70 valence electrons. The van der Waals surface area contributed by atoms with Crippen molar-refractivity contribution in [2.45, 2.75) is 33.1 Å². The minimum atomic E-state index is 0.672. The summed E-state index contributed by atoms with van der Waals surface area (Å²) in [6.45, 7) is 4.44. The first-order valence-corrected chi connectivity index (χ1v) is 4.91. The summed E-state index contributed by atoms with van der Waals surface area (Å²) in [5.41, 5.74) is 9.69. The lowest BCUT2D eigenvalue weighted by Crippen LogP contribution is -2.15. The highest BCUT2D eigenvalue weighted by atomic mass is 14.8. The molecule has 2 rings (SSSR count). The molecule has 0 spiro atoms. The van der Waals surface area contributed by atoms with Gasteiger partial charge in [-0.1, -0.05) is 6.92 Å². The highest BCUT2D eigenvalue weighted by Gasteiger charge is 2.18. The maximum absolute atomic E-state index is 5.71. The molecule has 1 atom stereocenters. The molecule has 13 heavy (non-hydrogen) atoms. The molecular formula is C11H16N2. The second-order valence-corrected chi connectivity index (χ2v) is 4.14. The predicted octanol–water partition coefficient (Wildman–Crippen LogP) is 2.10. The molecule has 2 heteroatoms. The highest BCUT2D eigenvalue weighted by molar-refractivity contribution is 5.41. The van der Waals surface area contributed by atoms with Crippen molar-refractivity contribution in [3.05, 3.63) is 22.9 Å². The quantitative estimate of drug-likeness (QED) is 0.657. The molecule has 0 amide bonds. The summed E-state index contributed by atoms with van der Waals surface area (Å²) in [4.78, 5) is 4.39. The van der Waals surface area contributed by atoms with Gasteiger partial charge in [-0.25, -0.2) is 4.98 Å². The monoisotopic (exact) mass is 176 g/mol. The standard InChI is InChI=1S/C11H16N2/c1-7-3-4-10-9(5-7)8(2)6-11(12)13-10/h6-7H,3-5H2,1-2H3,(H2,12,13). The second-order valence-electron chi connectivity index (χ2n) is 4.14. The number of fused-ring (bicyclic) bond motifs is 1. The molecule has 0 saturated heterocycles. The zero-order valence-corrected chi connectivity index (χ0v) is 8.30. The van der Waals surface area contributed by atoms with Crippen molar-refractivity contribution in [3.63, 3.8) is 0 Å². The van der Waals surface area contributed by atoms with Crippen LogP contribution in [0.4, 0.5) is 5.82 Å². The molecule has 0 fully saturated rings. The third kappa shape index (κ3) is 1.53. The van der Waals surface area contributed by atoms with Crippen LogP contribution in [0.25, 0.3) is 0 Å². The number of hydrogen-bond donors (Lipinski definition) is 1. The predicted molar refractivity (Wildman–Crippen MR) is 54.6 cm³/mol. The summed E-state index contributed by atoms with van der Waals surface area (Å²) in [6.07, 6.45) is 3.53. The van der Waals surface area contributed by atoms with E-state index < -0.39 is 0 Å². The summed E-state index contributed by atoms with van der Waals surface area (Å²) in [6, 6.07) is 1.98. The summed E-state index contributed by atoms with van der Waals surface area (Å²) >= 11 is 0. The Kier molecular flexibility index (Phi) is 1.98. The Bertz CT molecular complexity index is 331. The molecule has 1 aliphatic carbocycles. The zero-order chi connectivity index (χ0) is 9.42. The van der Waals surface area contributed by atoms with E-state index in [1.54, 1.807) is 0 Å². The van der Waals surface area contributed by atoms with Crippen LogP contribution >= 0.6 is 0 Å². The zero-order valence-electron chi connectivity index (χ0n) is 8.30. The number of anilines is 1. The Morgan fingerprint density at radius 2 is 2.31 bits per heavy atom. The number of aryl methyl sites for hydroxylation is 2. The third-order valence-corrected chi connectivity index (χ3v) is 2.88. The van der Waals surface area contributed by atoms with E-state index in [0.29, 0.717) is 5.82 Å². The first kappa shape index (κ1) is 8.54. The molecule has 1 aliphatic rings. The maximum Gasteiger partial charge on any atom is 0.123 e. The molecule has 0 aromatic carbocycles. The first-order valence-electron chi connectivity index (χ1n) is 4.91. The summed E-state index contributed by atoms with van der Waals surface area (Å²) in [7, 11) is 0. The molecule has 1 aromatic rings. The summed E-state index contributed by atoms with van der Waals surface area (Å²) in [5, 5.41) is 0. The average Bonchev–Trinajstić information content (AvgIpc) is 2.06. The van der Waals surface area contributed by atoms with Gasteiger partial charge in [-0.3, -0.25) is 0 Å². The molecule has 1 unspecified atom stereocenters. The molecule has 0 aliphatic heterocycles. The van der Waals surface area contributed by atoms with Gasteiger partial charge in [0.25, 0.3) is 0 Å². The van der Waals surface area contributed by atoms with Crippen LogP contribution in [0.1, 0.15) is 30.2 Å². The lowest BCUT2D eigenvalue weighted by atomic mass is 9.86. The van der Waals surface area contributed by atoms with Crippen molar-refractivity contribution in [3.8, 4) is 0 Å². The normalized spacial score (nSPS) is 21.2. The number of nitrogens with zero attached hydrogens (tertiary/aromatic N) is 1. The third-order valence-electron chi connectivity index (χ3n) is 2.88. The molecule has 0 bridgehead atoms. The van der Waals surface area contributed by atoms with Gasteiger partial charge in [-0.05, 0) is 49.3 Å². The Balaban J connectivity index is 2.47. The molecule has 1 aromatic heterocycles. The van der Waals surface area contributed by atoms with Crippen molar-refractivity contribution >= 4 is 5.82 Å². The van der Waals surface area contributed by atoms with E-state index in [0.717, 1.165) is 12.3 Å². The summed E-state index contributed by atoms with van der Waals surface area (Å²) in [5.74, 6) is 1.47. The molecule has 1 heterocycles. The van der Waals surface area contributed by atoms with E-state index in [1.165, 1.54) is 29.7 Å². The number of rotatable bonds is 0. The topological polar surface area (TPSA) is 38.9 Å². The van der Waals surface area contributed by atoms with Crippen LogP contribution in [0.5, 0.6) is 0 Å². The fourth-order valence-corrected chi connectivity index (χ4v) is 2.11. The smallest absolute Gasteiger partial charge is 0.123 e. The van der Waals surface area contributed by atoms with E-state index in [1.807, 2.05) is 6.07 Å². The van der Waals surface area contributed by atoms with Gasteiger partial charge < -0.3 is 5.73 Å². The van der Waals surface area contributed by atoms with Gasteiger partial charge in [0.05, 0.1) is 0 Å². The summed E-state index contributed by atoms with van der Waals surface area (Å²) < 4.78 is 0. The minimum absolute atomic E-state index is 0.672. The number of hydrogen-bond acceptors (Lipinski definition) is 2. The van der Waals surface area contributed by atoms with E-state index >= 15 is 0 Å². The van der Waals surface area contributed by atoms with E-state index in [2.05, 4.69) is 18.8 Å². The lowest BCUT2D eigenvalue weighted by molar-refractivity contribution is 0.492. The van der Waals surface area contributed by atoms with Crippen LogP contribution in [-0.4, -0.2) is 4.98 Å². The Morgan fingerprint density at radius 3 is 3.08 bits per heavy atom. The lowest BCUT2D eigenvalue weighted by Gasteiger charge is -2.22. The molecule has 2 N–H and O–H groups in total. The van der Waals surface area contributed by atoms with Gasteiger partial charge in [0, 0.05) is 5.69 Å². The van der Waals surface area contributed by atoms with Gasteiger partial charge in [0.2, 0.25) is 0 Å². The largest absolute Gasteiger partial charge is 0.384 e. The Hall–Kier alpha value is -1.05. The van der Waals surface area contributed by atoms with Crippen molar-refractivity contribution in [1.82, 2.24) is 4.98 Å². The van der Waals surface area contributed by atoms with Gasteiger partial charge in [0.1, 0.15) is 5.82 Å². The average molecular weight is 176 g/mol. The van der Waals surface area contributed by atoms with Crippen LogP contribution in [0.15, 0.2) is 6.07 Å². The molecule has 0 saturated carbocycles. The van der Waals surface area contributed by atoms with E-state index in [-0.39, 0.29) is 0 Å². The van der Waals surface area contributed by atoms with Gasteiger partial charge in [0.15, 0.2) is 0 Å². The number of nitrogen functional groups attached to an aromatic ring is 1. The van der Waals surface area contributed by atoms with E-state index in [9.17, 15) is 0 Å².